The number of nitrogens with one attached hydrogen (secondary N) is 1. The van der Waals surface area contributed by atoms with Crippen LogP contribution in [0, 0.1) is 5.82 Å². The van der Waals surface area contributed by atoms with E-state index in [4.69, 9.17) is 0 Å². The van der Waals surface area contributed by atoms with Crippen LogP contribution in [0.2, 0.25) is 0 Å². The second-order valence-corrected chi connectivity index (χ2v) is 8.68. The molecule has 1 amide bonds. The Balaban J connectivity index is 1.21. The van der Waals surface area contributed by atoms with Crippen LogP contribution in [0.15, 0.2) is 66.7 Å². The van der Waals surface area contributed by atoms with Gasteiger partial charge in [-0.25, -0.2) is 4.39 Å². The molecule has 4 heteroatoms. The maximum atomic E-state index is 13.1. The molecule has 5 rings (SSSR count). The molecule has 3 nitrogen and oxygen atoms in total. The summed E-state index contributed by atoms with van der Waals surface area (Å²) in [6.07, 6.45) is 3.66. The number of likely N-dealkylation sites (tertiary alicyclic amines) is 1. The van der Waals surface area contributed by atoms with Crippen LogP contribution in [0.4, 0.5) is 10.1 Å². The molecular weight excluding hydrogens is 387 g/mol. The van der Waals surface area contributed by atoms with Gasteiger partial charge in [0, 0.05) is 18.7 Å². The molecule has 2 aliphatic rings. The molecule has 1 saturated heterocycles. The van der Waals surface area contributed by atoms with Gasteiger partial charge < -0.3 is 5.32 Å². The second-order valence-electron chi connectivity index (χ2n) is 8.68. The Morgan fingerprint density at radius 3 is 2.26 bits per heavy atom. The number of hydrogen-bond donors (Lipinski definition) is 1. The first-order chi connectivity index (χ1) is 15.2. The molecule has 0 bridgehead atoms. The highest BCUT2D eigenvalue weighted by atomic mass is 19.1. The summed E-state index contributed by atoms with van der Waals surface area (Å²) in [4.78, 5) is 14.4. The van der Waals surface area contributed by atoms with Crippen LogP contribution in [0.3, 0.4) is 0 Å². The summed E-state index contributed by atoms with van der Waals surface area (Å²) in [7, 11) is 0. The molecule has 1 fully saturated rings. The quantitative estimate of drug-likeness (QED) is 0.589. The van der Waals surface area contributed by atoms with Crippen molar-refractivity contribution in [1.29, 1.82) is 0 Å². The molecule has 0 aromatic heterocycles. The van der Waals surface area contributed by atoms with E-state index in [0.717, 1.165) is 55.7 Å². The Morgan fingerprint density at radius 2 is 1.55 bits per heavy atom. The first kappa shape index (κ1) is 20.0. The minimum atomic E-state index is -0.206. The zero-order valence-corrected chi connectivity index (χ0v) is 17.6. The number of hydrogen-bond acceptors (Lipinski definition) is 2. The normalized spacial score (nSPS) is 17.3. The van der Waals surface area contributed by atoms with Gasteiger partial charge in [-0.3, -0.25) is 9.69 Å². The Hall–Kier alpha value is -2.98. The topological polar surface area (TPSA) is 32.3 Å². The molecule has 3 aromatic carbocycles. The Labute approximate surface area is 182 Å². The predicted molar refractivity (Wildman–Crippen MR) is 122 cm³/mol. The lowest BCUT2D eigenvalue weighted by molar-refractivity contribution is -0.116. The fourth-order valence-electron chi connectivity index (χ4n) is 4.88. The van der Waals surface area contributed by atoms with E-state index in [9.17, 15) is 9.18 Å². The number of halogens is 1. The first-order valence-corrected chi connectivity index (χ1v) is 11.1. The van der Waals surface area contributed by atoms with E-state index in [2.05, 4.69) is 52.7 Å². The Bertz CT molecular complexity index is 1070. The average molecular weight is 415 g/mol. The lowest BCUT2D eigenvalue weighted by Crippen LogP contribution is -2.33. The molecule has 158 valence electrons. The first-order valence-electron chi connectivity index (χ1n) is 11.1. The van der Waals surface area contributed by atoms with Gasteiger partial charge in [-0.05, 0) is 78.2 Å². The van der Waals surface area contributed by atoms with Gasteiger partial charge in [0.05, 0.1) is 0 Å². The third-order valence-electron chi connectivity index (χ3n) is 6.63. The van der Waals surface area contributed by atoms with E-state index in [1.807, 2.05) is 12.1 Å². The number of aryl methyl sites for hydroxylation is 1. The van der Waals surface area contributed by atoms with Crippen molar-refractivity contribution in [2.75, 3.05) is 18.4 Å². The third kappa shape index (κ3) is 4.40. The van der Waals surface area contributed by atoms with Crippen LogP contribution >= 0.6 is 0 Å². The van der Waals surface area contributed by atoms with E-state index >= 15 is 0 Å². The van der Waals surface area contributed by atoms with Crippen LogP contribution < -0.4 is 5.32 Å². The van der Waals surface area contributed by atoms with Crippen molar-refractivity contribution in [3.8, 4) is 11.1 Å². The summed E-state index contributed by atoms with van der Waals surface area (Å²) in [5.41, 5.74) is 7.11. The minimum Gasteiger partial charge on any atom is -0.326 e. The van der Waals surface area contributed by atoms with Crippen LogP contribution in [0.25, 0.3) is 11.1 Å². The highest BCUT2D eigenvalue weighted by Crippen LogP contribution is 2.37. The standard InChI is InChI=1S/C27H27FN2O/c28-24-11-8-21(9-12-24)20-6-4-19(5-7-20)18-30-16-14-22(15-17-30)25-3-1-2-23-10-13-26(31)29-27(23)25/h1-9,11-12,22H,10,13-18H2,(H,29,31). The number of piperidine rings is 1. The van der Waals surface area contributed by atoms with Gasteiger partial charge >= 0.3 is 0 Å². The van der Waals surface area contributed by atoms with Crippen molar-refractivity contribution in [2.24, 2.45) is 0 Å². The van der Waals surface area contributed by atoms with Crippen LogP contribution in [0.5, 0.6) is 0 Å². The van der Waals surface area contributed by atoms with Crippen LogP contribution in [-0.2, 0) is 17.8 Å². The van der Waals surface area contributed by atoms with Gasteiger partial charge in [0.1, 0.15) is 5.82 Å². The van der Waals surface area contributed by atoms with Crippen molar-refractivity contribution in [3.63, 3.8) is 0 Å². The van der Waals surface area contributed by atoms with Crippen LogP contribution in [0.1, 0.15) is 41.9 Å². The van der Waals surface area contributed by atoms with E-state index < -0.39 is 0 Å². The lowest BCUT2D eigenvalue weighted by atomic mass is 9.85. The number of carbonyl (C=O) groups excluding carboxylic acids is 1. The van der Waals surface area contributed by atoms with E-state index in [-0.39, 0.29) is 11.7 Å². The SMILES string of the molecule is O=C1CCc2cccc(C3CCN(Cc4ccc(-c5ccc(F)cc5)cc4)CC3)c2N1. The molecule has 0 atom stereocenters. The molecule has 0 spiro atoms. The van der Waals surface area contributed by atoms with Gasteiger partial charge in [-0.1, -0.05) is 54.6 Å². The maximum Gasteiger partial charge on any atom is 0.224 e. The predicted octanol–water partition coefficient (Wildman–Crippen LogP) is 5.76. The van der Waals surface area contributed by atoms with Crippen LogP contribution in [-0.4, -0.2) is 23.9 Å². The maximum absolute atomic E-state index is 13.1. The fourth-order valence-corrected chi connectivity index (χ4v) is 4.88. The summed E-state index contributed by atoms with van der Waals surface area (Å²) in [5.74, 6) is 0.439. The molecule has 0 unspecified atom stereocenters. The highest BCUT2D eigenvalue weighted by Gasteiger charge is 2.26. The number of fused-ring (bicyclic) bond motifs is 1. The average Bonchev–Trinajstić information content (AvgIpc) is 2.80. The van der Waals surface area contributed by atoms with Gasteiger partial charge in [-0.15, -0.1) is 0 Å². The smallest absolute Gasteiger partial charge is 0.224 e. The molecule has 0 radical (unpaired) electrons. The van der Waals surface area contributed by atoms with Crippen molar-refractivity contribution in [1.82, 2.24) is 4.90 Å². The van der Waals surface area contributed by atoms with E-state index in [0.29, 0.717) is 12.3 Å². The third-order valence-corrected chi connectivity index (χ3v) is 6.63. The van der Waals surface area contributed by atoms with Gasteiger partial charge in [0.25, 0.3) is 0 Å². The number of amides is 1. The highest BCUT2D eigenvalue weighted by molar-refractivity contribution is 5.95. The summed E-state index contributed by atoms with van der Waals surface area (Å²) in [5, 5.41) is 3.13. The molecule has 2 heterocycles. The molecule has 2 aliphatic heterocycles. The fraction of sp³-hybridized carbons (Fsp3) is 0.296. The minimum absolute atomic E-state index is 0.140. The van der Waals surface area contributed by atoms with Gasteiger partial charge in [0.2, 0.25) is 5.91 Å². The van der Waals surface area contributed by atoms with Crippen molar-refractivity contribution >= 4 is 11.6 Å². The van der Waals surface area contributed by atoms with Crippen molar-refractivity contribution in [3.05, 3.63) is 89.2 Å². The largest absolute Gasteiger partial charge is 0.326 e. The number of anilines is 1. The summed E-state index contributed by atoms with van der Waals surface area (Å²) >= 11 is 0. The number of benzene rings is 3. The summed E-state index contributed by atoms with van der Waals surface area (Å²) in [6.45, 7) is 3.06. The molecule has 0 aliphatic carbocycles. The zero-order chi connectivity index (χ0) is 21.2. The Kier molecular flexibility index (Phi) is 5.56. The second kappa shape index (κ2) is 8.64. The monoisotopic (exact) mass is 414 g/mol. The van der Waals surface area contributed by atoms with Crippen molar-refractivity contribution in [2.45, 2.75) is 38.1 Å². The number of carbonyl (C=O) groups is 1. The molecule has 1 N–H and O–H groups in total. The summed E-state index contributed by atoms with van der Waals surface area (Å²) < 4.78 is 13.1. The number of rotatable bonds is 4. The molecule has 3 aromatic rings. The number of para-hydroxylation sites is 1. The van der Waals surface area contributed by atoms with E-state index in [1.165, 1.54) is 28.8 Å². The molecule has 0 saturated carbocycles. The van der Waals surface area contributed by atoms with Gasteiger partial charge in [-0.2, -0.15) is 0 Å². The molecule has 31 heavy (non-hydrogen) atoms. The Morgan fingerprint density at radius 1 is 0.871 bits per heavy atom. The lowest BCUT2D eigenvalue weighted by Gasteiger charge is -2.34. The van der Waals surface area contributed by atoms with E-state index in [1.54, 1.807) is 0 Å². The van der Waals surface area contributed by atoms with Crippen molar-refractivity contribution < 1.29 is 9.18 Å². The zero-order valence-electron chi connectivity index (χ0n) is 17.6. The van der Waals surface area contributed by atoms with Gasteiger partial charge in [0.15, 0.2) is 0 Å². The molecular formula is C27H27FN2O. The summed E-state index contributed by atoms with van der Waals surface area (Å²) in [6, 6.07) is 21.7. The number of nitrogens with zero attached hydrogens (tertiary/aromatic N) is 1.